The summed E-state index contributed by atoms with van der Waals surface area (Å²) >= 11 is 3.20. The standard InChI is InChI=1S/C25H31BrN6O3/c1-16-7-8-18(21-10-12-29-24(31-21)25(3,4)34)13-22(16)32(6)17(2)30-23(20(26)14-33)35-15-19(27)9-11-28-5/h7-14,34H,15,27H2,1-6H3/b19-9-,23-20-,28-11?,30-17-. The average molecular weight is 543 g/mol. The number of aryl methyl sites for hydroxylation is 1. The summed E-state index contributed by atoms with van der Waals surface area (Å²) in [6, 6.07) is 7.72. The number of halogens is 1. The first kappa shape index (κ1) is 27.9. The van der Waals surface area contributed by atoms with Gasteiger partial charge in [-0.1, -0.05) is 12.1 Å². The highest BCUT2D eigenvalue weighted by Gasteiger charge is 2.20. The number of ether oxygens (including phenoxy) is 1. The van der Waals surface area contributed by atoms with Crippen molar-refractivity contribution in [1.29, 1.82) is 0 Å². The smallest absolute Gasteiger partial charge is 0.233 e. The number of rotatable bonds is 9. The van der Waals surface area contributed by atoms with Gasteiger partial charge in [0.2, 0.25) is 5.88 Å². The van der Waals surface area contributed by atoms with Crippen molar-refractivity contribution in [3.63, 3.8) is 0 Å². The van der Waals surface area contributed by atoms with Crippen molar-refractivity contribution in [2.75, 3.05) is 25.6 Å². The number of aldehydes is 1. The van der Waals surface area contributed by atoms with E-state index in [1.165, 1.54) is 0 Å². The van der Waals surface area contributed by atoms with Crippen LogP contribution in [-0.4, -0.2) is 54.1 Å². The van der Waals surface area contributed by atoms with Crippen molar-refractivity contribution in [1.82, 2.24) is 9.97 Å². The van der Waals surface area contributed by atoms with E-state index in [1.807, 2.05) is 37.1 Å². The lowest BCUT2D eigenvalue weighted by Gasteiger charge is -2.22. The number of allylic oxidation sites excluding steroid dienone is 2. The Balaban J connectivity index is 2.39. The molecule has 0 aliphatic carbocycles. The van der Waals surface area contributed by atoms with E-state index in [-0.39, 0.29) is 17.0 Å². The van der Waals surface area contributed by atoms with Gasteiger partial charge in [0, 0.05) is 43.5 Å². The minimum absolute atomic E-state index is 0.0382. The fraction of sp³-hybridized carbons (Fsp3) is 0.320. The maximum absolute atomic E-state index is 11.4. The van der Waals surface area contributed by atoms with Crippen LogP contribution in [0, 0.1) is 6.92 Å². The Kier molecular flexibility index (Phi) is 9.85. The number of benzene rings is 1. The van der Waals surface area contributed by atoms with Crippen LogP contribution in [0.15, 0.2) is 62.6 Å². The Bertz CT molecular complexity index is 1180. The van der Waals surface area contributed by atoms with Crippen molar-refractivity contribution in [3.05, 3.63) is 64.0 Å². The first-order chi connectivity index (χ1) is 16.5. The molecule has 0 aliphatic heterocycles. The van der Waals surface area contributed by atoms with Crippen molar-refractivity contribution in [2.24, 2.45) is 15.7 Å². The van der Waals surface area contributed by atoms with Gasteiger partial charge < -0.3 is 20.5 Å². The number of nitrogens with two attached hydrogens (primary N) is 1. The second-order valence-electron chi connectivity index (χ2n) is 8.25. The number of hydrogen-bond acceptors (Lipinski definition) is 8. The van der Waals surface area contributed by atoms with Gasteiger partial charge in [0.15, 0.2) is 12.1 Å². The molecule has 186 valence electrons. The van der Waals surface area contributed by atoms with Gasteiger partial charge in [0.25, 0.3) is 0 Å². The molecular formula is C25H31BrN6O3. The van der Waals surface area contributed by atoms with Crippen LogP contribution < -0.4 is 10.6 Å². The number of hydrogen-bond donors (Lipinski definition) is 2. The van der Waals surface area contributed by atoms with Crippen LogP contribution in [0.2, 0.25) is 0 Å². The molecule has 0 spiro atoms. The first-order valence-corrected chi connectivity index (χ1v) is 11.6. The van der Waals surface area contributed by atoms with Crippen LogP contribution in [0.5, 0.6) is 0 Å². The first-order valence-electron chi connectivity index (χ1n) is 10.8. The number of aliphatic hydroxyl groups is 1. The molecule has 0 aliphatic rings. The molecule has 0 fully saturated rings. The monoisotopic (exact) mass is 542 g/mol. The van der Waals surface area contributed by atoms with Gasteiger partial charge in [-0.3, -0.25) is 9.79 Å². The molecule has 9 nitrogen and oxygen atoms in total. The largest absolute Gasteiger partial charge is 0.470 e. The van der Waals surface area contributed by atoms with Crippen LogP contribution in [0.1, 0.15) is 32.2 Å². The summed E-state index contributed by atoms with van der Waals surface area (Å²) in [5, 5.41) is 10.3. The van der Waals surface area contributed by atoms with Crippen LogP contribution in [-0.2, 0) is 15.1 Å². The topological polar surface area (TPSA) is 126 Å². The number of aliphatic imine (C=N–C) groups is 2. The maximum Gasteiger partial charge on any atom is 0.233 e. The molecule has 0 amide bonds. The molecule has 0 unspecified atom stereocenters. The molecule has 35 heavy (non-hydrogen) atoms. The van der Waals surface area contributed by atoms with Gasteiger partial charge in [-0.2, -0.15) is 4.99 Å². The zero-order valence-electron chi connectivity index (χ0n) is 20.8. The van der Waals surface area contributed by atoms with Crippen molar-refractivity contribution < 1.29 is 14.6 Å². The lowest BCUT2D eigenvalue weighted by Crippen LogP contribution is -2.25. The number of anilines is 1. The summed E-state index contributed by atoms with van der Waals surface area (Å²) in [6.07, 6.45) is 5.40. The van der Waals surface area contributed by atoms with E-state index in [9.17, 15) is 9.90 Å². The summed E-state index contributed by atoms with van der Waals surface area (Å²) < 4.78 is 5.83. The molecule has 10 heteroatoms. The van der Waals surface area contributed by atoms with E-state index >= 15 is 0 Å². The van der Waals surface area contributed by atoms with E-state index in [0.717, 1.165) is 16.8 Å². The van der Waals surface area contributed by atoms with Gasteiger partial charge in [0.05, 0.1) is 5.69 Å². The van der Waals surface area contributed by atoms with Gasteiger partial charge in [-0.05, 0) is 67.4 Å². The van der Waals surface area contributed by atoms with E-state index in [0.29, 0.717) is 29.3 Å². The van der Waals surface area contributed by atoms with Crippen molar-refractivity contribution in [2.45, 2.75) is 33.3 Å². The fourth-order valence-electron chi connectivity index (χ4n) is 2.92. The molecular weight excluding hydrogens is 512 g/mol. The Labute approximate surface area is 214 Å². The highest BCUT2D eigenvalue weighted by atomic mass is 79.9. The van der Waals surface area contributed by atoms with Crippen molar-refractivity contribution in [3.8, 4) is 11.3 Å². The highest BCUT2D eigenvalue weighted by Crippen LogP contribution is 2.28. The number of amidine groups is 1. The second-order valence-corrected chi connectivity index (χ2v) is 9.11. The quantitative estimate of drug-likeness (QED) is 0.162. The van der Waals surface area contributed by atoms with E-state index in [2.05, 4.69) is 35.9 Å². The van der Waals surface area contributed by atoms with Gasteiger partial charge in [-0.25, -0.2) is 9.97 Å². The lowest BCUT2D eigenvalue weighted by molar-refractivity contribution is -0.104. The van der Waals surface area contributed by atoms with Gasteiger partial charge >= 0.3 is 0 Å². The molecule has 0 atom stereocenters. The van der Waals surface area contributed by atoms with E-state index in [4.69, 9.17) is 10.5 Å². The summed E-state index contributed by atoms with van der Waals surface area (Å²) in [5.41, 5.74) is 8.61. The van der Waals surface area contributed by atoms with Gasteiger partial charge in [0.1, 0.15) is 22.5 Å². The van der Waals surface area contributed by atoms with E-state index in [1.54, 1.807) is 52.4 Å². The Hall–Kier alpha value is -3.37. The highest BCUT2D eigenvalue weighted by molar-refractivity contribution is 9.12. The molecule has 0 bridgehead atoms. The summed E-state index contributed by atoms with van der Waals surface area (Å²) in [6.45, 7) is 7.12. The number of nitrogens with zero attached hydrogens (tertiary/aromatic N) is 5. The number of carbonyl (C=O) groups is 1. The third-order valence-electron chi connectivity index (χ3n) is 4.94. The third-order valence-corrected chi connectivity index (χ3v) is 5.46. The summed E-state index contributed by atoms with van der Waals surface area (Å²) in [5.74, 6) is 1.03. The zero-order valence-corrected chi connectivity index (χ0v) is 22.4. The van der Waals surface area contributed by atoms with Gasteiger partial charge in [-0.15, -0.1) is 0 Å². The average Bonchev–Trinajstić information content (AvgIpc) is 2.83. The maximum atomic E-state index is 11.4. The van der Waals surface area contributed by atoms with Crippen LogP contribution in [0.25, 0.3) is 11.3 Å². The predicted molar refractivity (Wildman–Crippen MR) is 144 cm³/mol. The molecule has 0 radical (unpaired) electrons. The molecule has 0 saturated heterocycles. The Morgan fingerprint density at radius 2 is 2.06 bits per heavy atom. The SMILES string of the molecule is CN=C/C=C(\N)COC(/N=C(/C)N(C)c1cc(-c2ccnc(C(C)(C)O)n2)ccc1C)=C(\Br)C=O. The van der Waals surface area contributed by atoms with Crippen LogP contribution in [0.4, 0.5) is 5.69 Å². The molecule has 2 rings (SSSR count). The molecule has 3 N–H and O–H groups in total. The molecule has 0 saturated carbocycles. The van der Waals surface area contributed by atoms with Crippen LogP contribution >= 0.6 is 15.9 Å². The fourth-order valence-corrected chi connectivity index (χ4v) is 3.12. The minimum atomic E-state index is -1.15. The minimum Gasteiger partial charge on any atom is -0.470 e. The summed E-state index contributed by atoms with van der Waals surface area (Å²) in [4.78, 5) is 30.3. The van der Waals surface area contributed by atoms with E-state index < -0.39 is 5.60 Å². The summed E-state index contributed by atoms with van der Waals surface area (Å²) in [7, 11) is 3.50. The van der Waals surface area contributed by atoms with Crippen LogP contribution in [0.3, 0.4) is 0 Å². The molecule has 1 aromatic heterocycles. The second kappa shape index (κ2) is 12.4. The molecule has 2 aromatic rings. The lowest BCUT2D eigenvalue weighted by atomic mass is 10.1. The predicted octanol–water partition coefficient (Wildman–Crippen LogP) is 3.86. The Morgan fingerprint density at radius 1 is 1.34 bits per heavy atom. The number of carbonyl (C=O) groups excluding carboxylic acids is 1. The Morgan fingerprint density at radius 3 is 2.69 bits per heavy atom. The zero-order chi connectivity index (χ0) is 26.2. The van der Waals surface area contributed by atoms with Crippen molar-refractivity contribution >= 4 is 40.0 Å². The number of aromatic nitrogens is 2. The molecule has 1 aromatic carbocycles. The molecule has 1 heterocycles. The normalized spacial score (nSPS) is 13.6. The third kappa shape index (κ3) is 7.83.